The quantitative estimate of drug-likeness (QED) is 0.713. The van der Waals surface area contributed by atoms with Crippen molar-refractivity contribution in [1.82, 2.24) is 15.5 Å². The monoisotopic (exact) mass is 286 g/mol. The Balaban J connectivity index is 1.78. The maximum atomic E-state index is 11.0. The predicted molar refractivity (Wildman–Crippen MR) is 64.5 cm³/mol. The first-order valence-electron chi connectivity index (χ1n) is 5.56. The van der Waals surface area contributed by atoms with E-state index in [-0.39, 0.29) is 5.09 Å². The number of aromatic nitrogens is 2. The molecule has 2 aromatic rings. The number of aryl methyl sites for hydroxylation is 1. The van der Waals surface area contributed by atoms with Crippen LogP contribution in [0, 0.1) is 6.92 Å². The van der Waals surface area contributed by atoms with Gasteiger partial charge in [-0.15, -0.1) is 0 Å². The van der Waals surface area contributed by atoms with E-state index in [1.54, 1.807) is 13.0 Å². The molecule has 0 aliphatic rings. The molecule has 0 spiro atoms. The van der Waals surface area contributed by atoms with Gasteiger partial charge in [0.2, 0.25) is 11.0 Å². The summed E-state index contributed by atoms with van der Waals surface area (Å²) in [4.78, 5) is 4.05. The molecular formula is C10H14N4O4S. The Morgan fingerprint density at radius 3 is 2.79 bits per heavy atom. The number of furan rings is 1. The second kappa shape index (κ2) is 5.51. The van der Waals surface area contributed by atoms with E-state index in [0.717, 1.165) is 0 Å². The topological polar surface area (TPSA) is 124 Å². The van der Waals surface area contributed by atoms with Crippen LogP contribution < -0.4 is 10.5 Å². The third-order valence-corrected chi connectivity index (χ3v) is 3.09. The summed E-state index contributed by atoms with van der Waals surface area (Å²) in [7, 11) is -3.78. The van der Waals surface area contributed by atoms with Crippen LogP contribution in [-0.2, 0) is 23.0 Å². The summed E-state index contributed by atoms with van der Waals surface area (Å²) >= 11 is 0. The largest absolute Gasteiger partial charge is 0.447 e. The van der Waals surface area contributed by atoms with Crippen molar-refractivity contribution in [2.75, 3.05) is 6.54 Å². The molecule has 2 aromatic heterocycles. The molecule has 0 bridgehead atoms. The van der Waals surface area contributed by atoms with Gasteiger partial charge in [-0.25, -0.2) is 13.6 Å². The Hall–Kier alpha value is -1.71. The third-order valence-electron chi connectivity index (χ3n) is 2.31. The first-order valence-corrected chi connectivity index (χ1v) is 7.11. The molecule has 9 heteroatoms. The second-order valence-corrected chi connectivity index (χ2v) is 5.41. The lowest BCUT2D eigenvalue weighted by atomic mass is 10.4. The maximum absolute atomic E-state index is 11.0. The summed E-state index contributed by atoms with van der Waals surface area (Å²) in [6.45, 7) is 2.73. The van der Waals surface area contributed by atoms with Crippen LogP contribution in [0.2, 0.25) is 0 Å². The number of sulfonamides is 1. The zero-order valence-corrected chi connectivity index (χ0v) is 11.1. The number of primary sulfonamides is 1. The van der Waals surface area contributed by atoms with Gasteiger partial charge in [-0.2, -0.15) is 4.98 Å². The van der Waals surface area contributed by atoms with Crippen LogP contribution in [0.4, 0.5) is 0 Å². The molecule has 8 nitrogen and oxygen atoms in total. The average molecular weight is 286 g/mol. The highest BCUT2D eigenvalue weighted by molar-refractivity contribution is 7.89. The average Bonchev–Trinajstić information content (AvgIpc) is 2.93. The lowest BCUT2D eigenvalue weighted by Crippen LogP contribution is -2.17. The molecule has 3 N–H and O–H groups in total. The highest BCUT2D eigenvalue weighted by Crippen LogP contribution is 2.11. The number of nitrogens with one attached hydrogen (secondary N) is 1. The fourth-order valence-electron chi connectivity index (χ4n) is 1.46. The number of nitrogens with two attached hydrogens (primary N) is 1. The zero-order valence-electron chi connectivity index (χ0n) is 10.3. The van der Waals surface area contributed by atoms with Gasteiger partial charge < -0.3 is 14.3 Å². The highest BCUT2D eigenvalue weighted by atomic mass is 32.2. The smallest absolute Gasteiger partial charge is 0.271 e. The van der Waals surface area contributed by atoms with E-state index in [1.165, 1.54) is 6.07 Å². The fourth-order valence-corrected chi connectivity index (χ4v) is 1.94. The molecule has 0 amide bonds. The van der Waals surface area contributed by atoms with Crippen LogP contribution in [0.15, 0.2) is 26.2 Å². The first-order chi connectivity index (χ1) is 8.95. The van der Waals surface area contributed by atoms with E-state index >= 15 is 0 Å². The van der Waals surface area contributed by atoms with E-state index in [1.807, 2.05) is 0 Å². The minimum absolute atomic E-state index is 0.238. The number of nitrogens with zero attached hydrogens (tertiary/aromatic N) is 2. The van der Waals surface area contributed by atoms with Gasteiger partial charge in [0.25, 0.3) is 10.0 Å². The summed E-state index contributed by atoms with van der Waals surface area (Å²) in [5, 5.41) is 11.5. The minimum Gasteiger partial charge on any atom is -0.447 e. The molecule has 0 radical (unpaired) electrons. The molecule has 104 valence electrons. The Labute approximate surface area is 110 Å². The van der Waals surface area contributed by atoms with Crippen molar-refractivity contribution in [2.24, 2.45) is 5.14 Å². The molecular weight excluding hydrogens is 272 g/mol. The van der Waals surface area contributed by atoms with E-state index in [9.17, 15) is 8.42 Å². The van der Waals surface area contributed by atoms with Crippen LogP contribution in [0.1, 0.15) is 17.5 Å². The lowest BCUT2D eigenvalue weighted by molar-refractivity contribution is 0.385. The van der Waals surface area contributed by atoms with E-state index in [0.29, 0.717) is 37.0 Å². The molecule has 0 saturated carbocycles. The Morgan fingerprint density at radius 1 is 1.42 bits per heavy atom. The summed E-state index contributed by atoms with van der Waals surface area (Å²) in [5.41, 5.74) is 0. The Morgan fingerprint density at radius 2 is 2.21 bits per heavy atom. The number of hydrogen-bond donors (Lipinski definition) is 2. The summed E-state index contributed by atoms with van der Waals surface area (Å²) < 4.78 is 31.9. The van der Waals surface area contributed by atoms with Crippen molar-refractivity contribution >= 4 is 10.0 Å². The van der Waals surface area contributed by atoms with E-state index in [4.69, 9.17) is 14.1 Å². The predicted octanol–water partition coefficient (Wildman–Crippen LogP) is -0.0493. The van der Waals surface area contributed by atoms with Crippen molar-refractivity contribution in [3.8, 4) is 0 Å². The van der Waals surface area contributed by atoms with Gasteiger partial charge in [0.05, 0.1) is 6.54 Å². The Bertz CT molecular complexity index is 646. The molecule has 0 atom stereocenters. The lowest BCUT2D eigenvalue weighted by Gasteiger charge is -1.99. The van der Waals surface area contributed by atoms with Crippen LogP contribution in [0.3, 0.4) is 0 Å². The fraction of sp³-hybridized carbons (Fsp3) is 0.400. The molecule has 2 rings (SSSR count). The van der Waals surface area contributed by atoms with Crippen molar-refractivity contribution in [2.45, 2.75) is 25.0 Å². The number of hydrogen-bond acceptors (Lipinski definition) is 7. The molecule has 0 aliphatic carbocycles. The normalized spacial score (nSPS) is 11.9. The molecule has 19 heavy (non-hydrogen) atoms. The summed E-state index contributed by atoms with van der Waals surface area (Å²) in [6.07, 6.45) is 0.611. The Kier molecular flexibility index (Phi) is 3.98. The van der Waals surface area contributed by atoms with E-state index < -0.39 is 10.0 Å². The van der Waals surface area contributed by atoms with Crippen LogP contribution in [-0.4, -0.2) is 25.1 Å². The molecule has 0 aliphatic heterocycles. The summed E-state index contributed by atoms with van der Waals surface area (Å²) in [6, 6.07) is 2.89. The van der Waals surface area contributed by atoms with Crippen LogP contribution in [0.25, 0.3) is 0 Å². The number of rotatable bonds is 6. The first kappa shape index (κ1) is 13.7. The van der Waals surface area contributed by atoms with Gasteiger partial charge in [-0.3, -0.25) is 0 Å². The van der Waals surface area contributed by atoms with Crippen LogP contribution >= 0.6 is 0 Å². The van der Waals surface area contributed by atoms with Crippen molar-refractivity contribution in [3.05, 3.63) is 29.6 Å². The van der Waals surface area contributed by atoms with Crippen LogP contribution in [0.5, 0.6) is 0 Å². The molecule has 0 fully saturated rings. The van der Waals surface area contributed by atoms with Crippen molar-refractivity contribution < 1.29 is 17.4 Å². The standard InChI is InChI=1S/C10H14N4O4S/c1-7-13-9(14-18-7)4-5-12-6-8-2-3-10(17-8)19(11,15)16/h2-3,12H,4-6H2,1H3,(H2,11,15,16). The van der Waals surface area contributed by atoms with Crippen molar-refractivity contribution in [1.29, 1.82) is 0 Å². The zero-order chi connectivity index (χ0) is 13.9. The second-order valence-electron chi connectivity index (χ2n) is 3.92. The molecule has 2 heterocycles. The minimum atomic E-state index is -3.78. The van der Waals surface area contributed by atoms with Gasteiger partial charge >= 0.3 is 0 Å². The molecule has 0 saturated heterocycles. The van der Waals surface area contributed by atoms with Gasteiger partial charge in [0.1, 0.15) is 5.76 Å². The SMILES string of the molecule is Cc1nc(CCNCc2ccc(S(N)(=O)=O)o2)no1. The highest BCUT2D eigenvalue weighted by Gasteiger charge is 2.12. The summed E-state index contributed by atoms with van der Waals surface area (Å²) in [5.74, 6) is 1.64. The van der Waals surface area contributed by atoms with Gasteiger partial charge in [-0.1, -0.05) is 5.16 Å². The molecule has 0 aromatic carbocycles. The third kappa shape index (κ3) is 3.88. The van der Waals surface area contributed by atoms with Gasteiger partial charge in [-0.05, 0) is 12.1 Å². The van der Waals surface area contributed by atoms with E-state index in [2.05, 4.69) is 15.5 Å². The van der Waals surface area contributed by atoms with Gasteiger partial charge in [0.15, 0.2) is 5.82 Å². The maximum Gasteiger partial charge on any atom is 0.271 e. The van der Waals surface area contributed by atoms with Crippen molar-refractivity contribution in [3.63, 3.8) is 0 Å². The van der Waals surface area contributed by atoms with Gasteiger partial charge in [0, 0.05) is 19.9 Å². The molecule has 0 unspecified atom stereocenters.